The summed E-state index contributed by atoms with van der Waals surface area (Å²) in [4.78, 5) is 0. The second kappa shape index (κ2) is 4.07. The zero-order chi connectivity index (χ0) is 12.8. The van der Waals surface area contributed by atoms with Gasteiger partial charge in [0.1, 0.15) is 0 Å². The molecule has 1 fully saturated rings. The molecule has 1 heterocycles. The molecule has 0 saturated heterocycles. The third kappa shape index (κ3) is 1.82. The van der Waals surface area contributed by atoms with E-state index in [1.54, 1.807) is 7.11 Å². The summed E-state index contributed by atoms with van der Waals surface area (Å²) >= 11 is 0. The lowest BCUT2D eigenvalue weighted by atomic mass is 9.74. The fourth-order valence-electron chi connectivity index (χ4n) is 2.83. The largest absolute Gasteiger partial charge is 0.389 e. The average Bonchev–Trinajstić information content (AvgIpc) is 2.64. The number of aryl methyl sites for hydroxylation is 1. The number of rotatable bonds is 3. The summed E-state index contributed by atoms with van der Waals surface area (Å²) in [5, 5.41) is 16.1. The van der Waals surface area contributed by atoms with E-state index in [-0.39, 0.29) is 6.10 Å². The van der Waals surface area contributed by atoms with Crippen molar-refractivity contribution in [2.75, 3.05) is 7.11 Å². The van der Waals surface area contributed by atoms with Gasteiger partial charge in [-0.1, -0.05) is 18.2 Å². The molecule has 3 rings (SSSR count). The molecule has 0 atom stereocenters. The Balaban J connectivity index is 1.88. The number of hydrogen-bond donors (Lipinski definition) is 1. The fraction of sp³-hybridized carbons (Fsp3) is 0.500. The molecular weight excluding hydrogens is 228 g/mol. The number of benzene rings is 1. The maximum Gasteiger partial charge on any atom is 0.0753 e. The van der Waals surface area contributed by atoms with Crippen molar-refractivity contribution >= 4 is 10.9 Å². The highest BCUT2D eigenvalue weighted by molar-refractivity contribution is 5.81. The number of aliphatic hydroxyl groups is 1. The quantitative estimate of drug-likeness (QED) is 0.896. The number of methoxy groups -OCH3 is 1. The van der Waals surface area contributed by atoms with Gasteiger partial charge in [0, 0.05) is 38.8 Å². The molecule has 1 N–H and O–H groups in total. The molecule has 0 aliphatic heterocycles. The molecule has 4 heteroatoms. The molecule has 2 aromatic rings. The van der Waals surface area contributed by atoms with Crippen molar-refractivity contribution in [3.05, 3.63) is 30.0 Å². The maximum absolute atomic E-state index is 10.4. The Morgan fingerprint density at radius 3 is 2.89 bits per heavy atom. The lowest BCUT2D eigenvalue weighted by Crippen LogP contribution is -2.49. The third-order valence-corrected chi connectivity index (χ3v) is 3.88. The van der Waals surface area contributed by atoms with Crippen molar-refractivity contribution in [3.8, 4) is 0 Å². The first-order valence-electron chi connectivity index (χ1n) is 6.27. The molecule has 0 bridgehead atoms. The molecule has 4 nitrogen and oxygen atoms in total. The number of nitrogens with zero attached hydrogens (tertiary/aromatic N) is 2. The Bertz CT molecular complexity index is 570. The summed E-state index contributed by atoms with van der Waals surface area (Å²) in [5.41, 5.74) is 1.45. The topological polar surface area (TPSA) is 47.3 Å². The lowest BCUT2D eigenvalue weighted by molar-refractivity contribution is -0.126. The Kier molecular flexibility index (Phi) is 2.64. The highest BCUT2D eigenvalue weighted by atomic mass is 16.5. The van der Waals surface area contributed by atoms with Gasteiger partial charge in [0.15, 0.2) is 0 Å². The summed E-state index contributed by atoms with van der Waals surface area (Å²) in [6.07, 6.45) is 2.21. The van der Waals surface area contributed by atoms with Crippen LogP contribution in [0, 0.1) is 0 Å². The van der Waals surface area contributed by atoms with Gasteiger partial charge in [-0.05, 0) is 6.07 Å². The predicted molar refractivity (Wildman–Crippen MR) is 69.4 cm³/mol. The molecule has 0 amide bonds. The second-order valence-corrected chi connectivity index (χ2v) is 5.25. The van der Waals surface area contributed by atoms with Crippen LogP contribution in [-0.4, -0.2) is 33.7 Å². The Labute approximate surface area is 106 Å². The predicted octanol–water partition coefficient (Wildman–Crippen LogP) is 1.66. The molecule has 0 radical (unpaired) electrons. The second-order valence-electron chi connectivity index (χ2n) is 5.25. The van der Waals surface area contributed by atoms with Gasteiger partial charge in [-0.2, -0.15) is 5.10 Å². The first-order chi connectivity index (χ1) is 8.61. The van der Waals surface area contributed by atoms with Crippen molar-refractivity contribution in [2.24, 2.45) is 7.05 Å². The van der Waals surface area contributed by atoms with E-state index in [2.05, 4.69) is 17.2 Å². The van der Waals surface area contributed by atoms with Crippen molar-refractivity contribution in [3.63, 3.8) is 0 Å². The SMILES string of the molecule is COC1CC(O)(Cc2nn(C)c3ccccc23)C1. The van der Waals surface area contributed by atoms with Crippen molar-refractivity contribution < 1.29 is 9.84 Å². The molecule has 0 spiro atoms. The van der Waals surface area contributed by atoms with E-state index >= 15 is 0 Å². The van der Waals surface area contributed by atoms with Crippen LogP contribution in [-0.2, 0) is 18.2 Å². The Morgan fingerprint density at radius 1 is 1.44 bits per heavy atom. The number of fused-ring (bicyclic) bond motifs is 1. The Hall–Kier alpha value is -1.39. The van der Waals surface area contributed by atoms with E-state index in [0.717, 1.165) is 16.6 Å². The molecule has 96 valence electrons. The molecule has 1 aliphatic rings. The molecule has 1 aromatic heterocycles. The normalized spacial score (nSPS) is 27.4. The van der Waals surface area contributed by atoms with E-state index in [0.29, 0.717) is 19.3 Å². The van der Waals surface area contributed by atoms with Crippen LogP contribution < -0.4 is 0 Å². The van der Waals surface area contributed by atoms with Crippen LogP contribution in [0.1, 0.15) is 18.5 Å². The number of ether oxygens (including phenoxy) is 1. The number of para-hydroxylation sites is 1. The number of hydrogen-bond acceptors (Lipinski definition) is 3. The van der Waals surface area contributed by atoms with Crippen molar-refractivity contribution in [1.29, 1.82) is 0 Å². The van der Waals surface area contributed by atoms with Gasteiger partial charge in [-0.3, -0.25) is 4.68 Å². The highest BCUT2D eigenvalue weighted by Crippen LogP contribution is 2.37. The number of aromatic nitrogens is 2. The molecule has 1 saturated carbocycles. The standard InChI is InChI=1S/C14H18N2O2/c1-16-13-6-4-3-5-11(13)12(15-16)9-14(17)7-10(8-14)18-2/h3-6,10,17H,7-9H2,1-2H3. The summed E-state index contributed by atoms with van der Waals surface area (Å²) in [5.74, 6) is 0. The first-order valence-corrected chi connectivity index (χ1v) is 6.27. The maximum atomic E-state index is 10.4. The van der Waals surface area contributed by atoms with Crippen LogP contribution >= 0.6 is 0 Å². The molecule has 0 unspecified atom stereocenters. The first kappa shape index (κ1) is 11.7. The van der Waals surface area contributed by atoms with Gasteiger partial charge in [0.2, 0.25) is 0 Å². The van der Waals surface area contributed by atoms with Gasteiger partial charge >= 0.3 is 0 Å². The average molecular weight is 246 g/mol. The van der Waals surface area contributed by atoms with Crippen LogP contribution in [0.5, 0.6) is 0 Å². The van der Waals surface area contributed by atoms with Gasteiger partial charge in [-0.25, -0.2) is 0 Å². The van der Waals surface area contributed by atoms with Crippen LogP contribution in [0.2, 0.25) is 0 Å². The fourth-order valence-corrected chi connectivity index (χ4v) is 2.83. The van der Waals surface area contributed by atoms with Crippen molar-refractivity contribution in [2.45, 2.75) is 31.0 Å². The van der Waals surface area contributed by atoms with Gasteiger partial charge in [-0.15, -0.1) is 0 Å². The van der Waals surface area contributed by atoms with Crippen LogP contribution in [0.25, 0.3) is 10.9 Å². The van der Waals surface area contributed by atoms with E-state index in [1.807, 2.05) is 23.9 Å². The molecular formula is C14H18N2O2. The van der Waals surface area contributed by atoms with Crippen LogP contribution in [0.4, 0.5) is 0 Å². The Morgan fingerprint density at radius 2 is 2.17 bits per heavy atom. The zero-order valence-electron chi connectivity index (χ0n) is 10.8. The summed E-state index contributed by atoms with van der Waals surface area (Å²) < 4.78 is 7.10. The summed E-state index contributed by atoms with van der Waals surface area (Å²) in [6.45, 7) is 0. The third-order valence-electron chi connectivity index (χ3n) is 3.88. The van der Waals surface area contributed by atoms with Gasteiger partial charge in [0.05, 0.1) is 22.9 Å². The van der Waals surface area contributed by atoms with E-state index < -0.39 is 5.60 Å². The minimum Gasteiger partial charge on any atom is -0.389 e. The highest BCUT2D eigenvalue weighted by Gasteiger charge is 2.43. The van der Waals surface area contributed by atoms with E-state index in [9.17, 15) is 5.11 Å². The van der Waals surface area contributed by atoms with E-state index in [4.69, 9.17) is 4.74 Å². The molecule has 1 aliphatic carbocycles. The molecule has 18 heavy (non-hydrogen) atoms. The monoisotopic (exact) mass is 246 g/mol. The van der Waals surface area contributed by atoms with E-state index in [1.165, 1.54) is 0 Å². The minimum absolute atomic E-state index is 0.199. The molecule has 1 aromatic carbocycles. The zero-order valence-corrected chi connectivity index (χ0v) is 10.8. The van der Waals surface area contributed by atoms with Crippen molar-refractivity contribution in [1.82, 2.24) is 9.78 Å². The van der Waals surface area contributed by atoms with Crippen LogP contribution in [0.15, 0.2) is 24.3 Å². The van der Waals surface area contributed by atoms with Gasteiger partial charge in [0.25, 0.3) is 0 Å². The summed E-state index contributed by atoms with van der Waals surface area (Å²) in [6, 6.07) is 8.13. The lowest BCUT2D eigenvalue weighted by Gasteiger charge is -2.42. The smallest absolute Gasteiger partial charge is 0.0753 e. The summed E-state index contributed by atoms with van der Waals surface area (Å²) in [7, 11) is 3.63. The van der Waals surface area contributed by atoms with Crippen LogP contribution in [0.3, 0.4) is 0 Å². The minimum atomic E-state index is -0.641. The van der Waals surface area contributed by atoms with Gasteiger partial charge < -0.3 is 9.84 Å².